The maximum atomic E-state index is 5.25. The Morgan fingerprint density at radius 2 is 2.29 bits per heavy atom. The molecule has 21 heavy (non-hydrogen) atoms. The highest BCUT2D eigenvalue weighted by molar-refractivity contribution is 5.04. The third-order valence-electron chi connectivity index (χ3n) is 4.01. The summed E-state index contributed by atoms with van der Waals surface area (Å²) in [5, 5.41) is 8.77. The molecule has 6 nitrogen and oxygen atoms in total. The molecule has 114 valence electrons. The molecule has 1 aliphatic rings. The van der Waals surface area contributed by atoms with Gasteiger partial charge in [0.15, 0.2) is 5.82 Å². The van der Waals surface area contributed by atoms with Gasteiger partial charge in [0, 0.05) is 25.2 Å². The maximum absolute atomic E-state index is 5.25. The molecule has 0 saturated carbocycles. The summed E-state index contributed by atoms with van der Waals surface area (Å²) in [5.74, 6) is 1.55. The second-order valence-electron chi connectivity index (χ2n) is 5.91. The number of aromatic nitrogens is 4. The lowest BCUT2D eigenvalue weighted by atomic mass is 10.2. The van der Waals surface area contributed by atoms with Crippen LogP contribution in [-0.2, 0) is 13.0 Å². The van der Waals surface area contributed by atoms with E-state index in [-0.39, 0.29) is 6.04 Å². The third kappa shape index (κ3) is 3.00. The van der Waals surface area contributed by atoms with Crippen LogP contribution in [0, 0.1) is 0 Å². The minimum atomic E-state index is 0.262. The molecular weight excluding hydrogens is 266 g/mol. The van der Waals surface area contributed by atoms with Crippen LogP contribution < -0.4 is 0 Å². The zero-order valence-corrected chi connectivity index (χ0v) is 13.0. The summed E-state index contributed by atoms with van der Waals surface area (Å²) in [5.41, 5.74) is 1.11. The smallest absolute Gasteiger partial charge is 0.226 e. The number of aryl methyl sites for hydroxylation is 1. The molecule has 3 heterocycles. The van der Waals surface area contributed by atoms with Crippen molar-refractivity contribution in [3.63, 3.8) is 0 Å². The molecule has 1 atom stereocenters. The average molecular weight is 289 g/mol. The summed E-state index contributed by atoms with van der Waals surface area (Å²) in [7, 11) is 0. The predicted octanol–water partition coefficient (Wildman–Crippen LogP) is 2.75. The van der Waals surface area contributed by atoms with Crippen molar-refractivity contribution in [2.45, 2.75) is 58.7 Å². The quantitative estimate of drug-likeness (QED) is 0.847. The normalized spacial score (nSPS) is 19.7. The van der Waals surface area contributed by atoms with Crippen molar-refractivity contribution in [1.29, 1.82) is 0 Å². The van der Waals surface area contributed by atoms with Gasteiger partial charge in [-0.15, -0.1) is 0 Å². The van der Waals surface area contributed by atoms with Crippen LogP contribution >= 0.6 is 0 Å². The largest absolute Gasteiger partial charge is 0.339 e. The van der Waals surface area contributed by atoms with Gasteiger partial charge in [-0.25, -0.2) is 0 Å². The van der Waals surface area contributed by atoms with Gasteiger partial charge in [-0.05, 0) is 39.3 Å². The highest BCUT2D eigenvalue weighted by Crippen LogP contribution is 2.31. The Morgan fingerprint density at radius 1 is 1.43 bits per heavy atom. The standard InChI is InChI=1S/C15H23N5O/c1-4-14-16-15(18-21-14)13-6-5-8-19(13)10-12-7-9-20(17-12)11(2)3/h7,9,11,13H,4-6,8,10H2,1-3H3/t13-/m1/s1. The molecule has 1 saturated heterocycles. The van der Waals surface area contributed by atoms with E-state index in [0.717, 1.165) is 43.3 Å². The number of rotatable bonds is 5. The van der Waals surface area contributed by atoms with E-state index >= 15 is 0 Å². The summed E-state index contributed by atoms with van der Waals surface area (Å²) < 4.78 is 7.26. The van der Waals surface area contributed by atoms with Gasteiger partial charge in [0.05, 0.1) is 11.7 Å². The second kappa shape index (κ2) is 5.97. The Labute approximate surface area is 125 Å². The van der Waals surface area contributed by atoms with Crippen LogP contribution in [0.15, 0.2) is 16.8 Å². The molecule has 3 rings (SSSR count). The van der Waals surface area contributed by atoms with Crippen LogP contribution in [0.1, 0.15) is 63.1 Å². The van der Waals surface area contributed by atoms with Gasteiger partial charge in [0.2, 0.25) is 5.89 Å². The van der Waals surface area contributed by atoms with Crippen LogP contribution in [-0.4, -0.2) is 31.4 Å². The molecular formula is C15H23N5O. The van der Waals surface area contributed by atoms with Crippen molar-refractivity contribution >= 4 is 0 Å². The molecule has 1 fully saturated rings. The average Bonchev–Trinajstić information content (AvgIpc) is 3.18. The van der Waals surface area contributed by atoms with Crippen LogP contribution in [0.25, 0.3) is 0 Å². The van der Waals surface area contributed by atoms with Crippen LogP contribution in [0.2, 0.25) is 0 Å². The fraction of sp³-hybridized carbons (Fsp3) is 0.667. The van der Waals surface area contributed by atoms with Gasteiger partial charge >= 0.3 is 0 Å². The van der Waals surface area contributed by atoms with E-state index in [1.54, 1.807) is 0 Å². The Hall–Kier alpha value is -1.69. The lowest BCUT2D eigenvalue weighted by molar-refractivity contribution is 0.230. The maximum Gasteiger partial charge on any atom is 0.226 e. The first-order valence-corrected chi connectivity index (χ1v) is 7.78. The van der Waals surface area contributed by atoms with Crippen LogP contribution in [0.4, 0.5) is 0 Å². The van der Waals surface area contributed by atoms with E-state index in [1.807, 2.05) is 11.6 Å². The molecule has 0 aliphatic carbocycles. The molecule has 0 aromatic carbocycles. The fourth-order valence-corrected chi connectivity index (χ4v) is 2.81. The highest BCUT2D eigenvalue weighted by Gasteiger charge is 2.30. The Morgan fingerprint density at radius 3 is 2.95 bits per heavy atom. The topological polar surface area (TPSA) is 60.0 Å². The first-order chi connectivity index (χ1) is 10.2. The van der Waals surface area contributed by atoms with Gasteiger partial charge in [-0.1, -0.05) is 12.1 Å². The molecule has 0 radical (unpaired) electrons. The van der Waals surface area contributed by atoms with E-state index in [1.165, 1.54) is 6.42 Å². The van der Waals surface area contributed by atoms with E-state index < -0.39 is 0 Å². The third-order valence-corrected chi connectivity index (χ3v) is 4.01. The van der Waals surface area contributed by atoms with Crippen molar-refractivity contribution in [2.75, 3.05) is 6.54 Å². The summed E-state index contributed by atoms with van der Waals surface area (Å²) in [6, 6.07) is 2.76. The first-order valence-electron chi connectivity index (χ1n) is 7.78. The number of nitrogens with zero attached hydrogens (tertiary/aromatic N) is 5. The van der Waals surface area contributed by atoms with Gasteiger partial charge in [-0.3, -0.25) is 9.58 Å². The van der Waals surface area contributed by atoms with E-state index in [2.05, 4.69) is 46.2 Å². The van der Waals surface area contributed by atoms with Crippen LogP contribution in [0.5, 0.6) is 0 Å². The first kappa shape index (κ1) is 14.3. The monoisotopic (exact) mass is 289 g/mol. The lowest BCUT2D eigenvalue weighted by Crippen LogP contribution is -2.24. The molecule has 0 amide bonds. The number of likely N-dealkylation sites (tertiary alicyclic amines) is 1. The summed E-state index contributed by atoms with van der Waals surface area (Å²) in [6.07, 6.45) is 5.10. The fourth-order valence-electron chi connectivity index (χ4n) is 2.81. The summed E-state index contributed by atoms with van der Waals surface area (Å²) in [6.45, 7) is 8.22. The van der Waals surface area contributed by atoms with E-state index in [4.69, 9.17) is 4.52 Å². The van der Waals surface area contributed by atoms with Crippen molar-refractivity contribution < 1.29 is 4.52 Å². The molecule has 0 bridgehead atoms. The Balaban J connectivity index is 1.71. The lowest BCUT2D eigenvalue weighted by Gasteiger charge is -2.20. The van der Waals surface area contributed by atoms with Gasteiger partial charge in [0.25, 0.3) is 0 Å². The van der Waals surface area contributed by atoms with Gasteiger partial charge in [0.1, 0.15) is 0 Å². The Kier molecular flexibility index (Phi) is 4.05. The molecule has 2 aromatic heterocycles. The van der Waals surface area contributed by atoms with Crippen molar-refractivity contribution in [1.82, 2.24) is 24.8 Å². The minimum Gasteiger partial charge on any atom is -0.339 e. The molecule has 1 aliphatic heterocycles. The number of hydrogen-bond donors (Lipinski definition) is 0. The van der Waals surface area contributed by atoms with E-state index in [9.17, 15) is 0 Å². The highest BCUT2D eigenvalue weighted by atomic mass is 16.5. The van der Waals surface area contributed by atoms with Crippen molar-refractivity contribution in [2.24, 2.45) is 0 Å². The van der Waals surface area contributed by atoms with Crippen molar-refractivity contribution in [3.8, 4) is 0 Å². The SMILES string of the molecule is CCc1nc([C@H]2CCCN2Cc2ccn(C(C)C)n2)no1. The summed E-state index contributed by atoms with van der Waals surface area (Å²) >= 11 is 0. The molecule has 6 heteroatoms. The molecule has 0 N–H and O–H groups in total. The van der Waals surface area contributed by atoms with Gasteiger partial charge < -0.3 is 4.52 Å². The zero-order chi connectivity index (χ0) is 14.8. The zero-order valence-electron chi connectivity index (χ0n) is 13.0. The van der Waals surface area contributed by atoms with Gasteiger partial charge in [-0.2, -0.15) is 10.1 Å². The van der Waals surface area contributed by atoms with E-state index in [0.29, 0.717) is 6.04 Å². The Bertz CT molecular complexity index is 588. The molecule has 2 aromatic rings. The summed E-state index contributed by atoms with van der Waals surface area (Å²) in [4.78, 5) is 6.89. The number of hydrogen-bond acceptors (Lipinski definition) is 5. The predicted molar refractivity (Wildman–Crippen MR) is 78.7 cm³/mol. The second-order valence-corrected chi connectivity index (χ2v) is 5.91. The molecule has 0 unspecified atom stereocenters. The van der Waals surface area contributed by atoms with Crippen molar-refractivity contribution in [3.05, 3.63) is 29.7 Å². The minimum absolute atomic E-state index is 0.262. The van der Waals surface area contributed by atoms with Crippen LogP contribution in [0.3, 0.4) is 0 Å². The molecule has 0 spiro atoms.